The van der Waals surface area contributed by atoms with Gasteiger partial charge in [0.1, 0.15) is 5.82 Å². The highest BCUT2D eigenvalue weighted by Gasteiger charge is 2.20. The molecule has 1 aliphatic carbocycles. The Morgan fingerprint density at radius 1 is 1.29 bits per heavy atom. The minimum Gasteiger partial charge on any atom is -0.314 e. The molecule has 0 amide bonds. The van der Waals surface area contributed by atoms with E-state index in [4.69, 9.17) is 0 Å². The first-order chi connectivity index (χ1) is 10.1. The van der Waals surface area contributed by atoms with Gasteiger partial charge < -0.3 is 5.32 Å². The maximum atomic E-state index is 13.8. The molecule has 0 spiro atoms. The monoisotopic (exact) mass is 287 g/mol. The van der Waals surface area contributed by atoms with E-state index >= 15 is 0 Å². The van der Waals surface area contributed by atoms with Crippen LogP contribution in [0.3, 0.4) is 0 Å². The Morgan fingerprint density at radius 3 is 2.76 bits per heavy atom. The number of benzene rings is 1. The lowest BCUT2D eigenvalue weighted by atomic mass is 10.1. The van der Waals surface area contributed by atoms with Crippen molar-refractivity contribution >= 4 is 0 Å². The summed E-state index contributed by atoms with van der Waals surface area (Å²) in [6.07, 6.45) is 3.61. The van der Waals surface area contributed by atoms with Crippen LogP contribution < -0.4 is 5.32 Å². The van der Waals surface area contributed by atoms with Gasteiger partial charge in [-0.1, -0.05) is 18.2 Å². The first-order valence-corrected chi connectivity index (χ1v) is 7.65. The van der Waals surface area contributed by atoms with Crippen LogP contribution in [0.2, 0.25) is 0 Å². The number of aryl methyl sites for hydroxylation is 1. The van der Waals surface area contributed by atoms with Gasteiger partial charge in [-0.15, -0.1) is 0 Å². The Balaban J connectivity index is 1.72. The summed E-state index contributed by atoms with van der Waals surface area (Å²) >= 11 is 0. The molecule has 3 rings (SSSR count). The molecule has 1 aromatic heterocycles. The van der Waals surface area contributed by atoms with E-state index in [9.17, 15) is 4.39 Å². The molecule has 0 aliphatic heterocycles. The van der Waals surface area contributed by atoms with Crippen molar-refractivity contribution in [1.29, 1.82) is 0 Å². The minimum atomic E-state index is -0.165. The summed E-state index contributed by atoms with van der Waals surface area (Å²) in [4.78, 5) is 0. The second kappa shape index (κ2) is 5.98. The molecule has 0 unspecified atom stereocenters. The quantitative estimate of drug-likeness (QED) is 0.885. The molecule has 0 saturated heterocycles. The largest absolute Gasteiger partial charge is 0.314 e. The predicted octanol–water partition coefficient (Wildman–Crippen LogP) is 2.98. The van der Waals surface area contributed by atoms with Crippen molar-refractivity contribution in [3.8, 4) is 0 Å². The second-order valence-electron chi connectivity index (χ2n) is 5.88. The van der Waals surface area contributed by atoms with Crippen molar-refractivity contribution in [3.05, 3.63) is 52.6 Å². The summed E-state index contributed by atoms with van der Waals surface area (Å²) in [6.45, 7) is 5.61. The SMILES string of the molecule is Cc1nn(Cc2ccccc2F)c(C)c1CCNC1CC1. The molecule has 1 aliphatic rings. The smallest absolute Gasteiger partial charge is 0.128 e. The van der Waals surface area contributed by atoms with Gasteiger partial charge in [0.25, 0.3) is 0 Å². The Morgan fingerprint density at radius 2 is 2.05 bits per heavy atom. The molecule has 112 valence electrons. The number of hydrogen-bond acceptors (Lipinski definition) is 2. The molecule has 0 atom stereocenters. The van der Waals surface area contributed by atoms with Gasteiger partial charge in [0.05, 0.1) is 12.2 Å². The van der Waals surface area contributed by atoms with E-state index in [1.807, 2.05) is 23.7 Å². The predicted molar refractivity (Wildman–Crippen MR) is 81.9 cm³/mol. The van der Waals surface area contributed by atoms with Crippen LogP contribution in [0.4, 0.5) is 4.39 Å². The highest BCUT2D eigenvalue weighted by molar-refractivity contribution is 5.26. The summed E-state index contributed by atoms with van der Waals surface area (Å²) in [5, 5.41) is 8.11. The average molecular weight is 287 g/mol. The highest BCUT2D eigenvalue weighted by atomic mass is 19.1. The third-order valence-corrected chi connectivity index (χ3v) is 4.19. The molecule has 1 fully saturated rings. The molecule has 4 heteroatoms. The van der Waals surface area contributed by atoms with Crippen LogP contribution in [0.5, 0.6) is 0 Å². The fourth-order valence-electron chi connectivity index (χ4n) is 2.73. The number of halogens is 1. The Hall–Kier alpha value is -1.68. The zero-order chi connectivity index (χ0) is 14.8. The first-order valence-electron chi connectivity index (χ1n) is 7.65. The normalized spacial score (nSPS) is 14.6. The number of nitrogens with zero attached hydrogens (tertiary/aromatic N) is 2. The molecule has 1 saturated carbocycles. The van der Waals surface area contributed by atoms with Crippen LogP contribution in [0, 0.1) is 19.7 Å². The molecule has 1 aromatic carbocycles. The first kappa shape index (κ1) is 14.3. The maximum Gasteiger partial charge on any atom is 0.128 e. The zero-order valence-corrected chi connectivity index (χ0v) is 12.7. The molecule has 2 aromatic rings. The summed E-state index contributed by atoms with van der Waals surface area (Å²) in [6, 6.07) is 7.64. The Kier molecular flexibility index (Phi) is 4.06. The van der Waals surface area contributed by atoms with E-state index in [2.05, 4.69) is 17.3 Å². The van der Waals surface area contributed by atoms with Crippen LogP contribution >= 0.6 is 0 Å². The summed E-state index contributed by atoms with van der Waals surface area (Å²) in [5.41, 5.74) is 4.18. The Labute approximate surface area is 125 Å². The zero-order valence-electron chi connectivity index (χ0n) is 12.7. The molecule has 21 heavy (non-hydrogen) atoms. The number of hydrogen-bond donors (Lipinski definition) is 1. The molecular formula is C17H22FN3. The van der Waals surface area contributed by atoms with Gasteiger partial charge in [-0.05, 0) is 51.3 Å². The van der Waals surface area contributed by atoms with Gasteiger partial charge in [0.15, 0.2) is 0 Å². The van der Waals surface area contributed by atoms with E-state index in [1.165, 1.54) is 24.5 Å². The summed E-state index contributed by atoms with van der Waals surface area (Å²) in [7, 11) is 0. The van der Waals surface area contributed by atoms with Crippen molar-refractivity contribution in [2.45, 2.75) is 45.7 Å². The van der Waals surface area contributed by atoms with E-state index in [0.717, 1.165) is 30.4 Å². The topological polar surface area (TPSA) is 29.9 Å². The van der Waals surface area contributed by atoms with Gasteiger partial charge >= 0.3 is 0 Å². The molecular weight excluding hydrogens is 265 g/mol. The van der Waals surface area contributed by atoms with Gasteiger partial charge in [-0.3, -0.25) is 4.68 Å². The van der Waals surface area contributed by atoms with Crippen LogP contribution in [-0.4, -0.2) is 22.4 Å². The number of aromatic nitrogens is 2. The van der Waals surface area contributed by atoms with Crippen LogP contribution in [0.15, 0.2) is 24.3 Å². The lowest BCUT2D eigenvalue weighted by Gasteiger charge is -2.07. The van der Waals surface area contributed by atoms with Crippen LogP contribution in [-0.2, 0) is 13.0 Å². The van der Waals surface area contributed by atoms with Crippen molar-refractivity contribution in [1.82, 2.24) is 15.1 Å². The van der Waals surface area contributed by atoms with Crippen molar-refractivity contribution in [2.24, 2.45) is 0 Å². The average Bonchev–Trinajstić information content (AvgIpc) is 3.24. The lowest BCUT2D eigenvalue weighted by molar-refractivity contribution is 0.578. The van der Waals surface area contributed by atoms with Gasteiger partial charge in [-0.25, -0.2) is 4.39 Å². The minimum absolute atomic E-state index is 0.165. The van der Waals surface area contributed by atoms with Crippen LogP contribution in [0.1, 0.15) is 35.4 Å². The van der Waals surface area contributed by atoms with Crippen molar-refractivity contribution in [2.75, 3.05) is 6.54 Å². The van der Waals surface area contributed by atoms with Gasteiger partial charge in [0.2, 0.25) is 0 Å². The molecule has 0 radical (unpaired) electrons. The van der Waals surface area contributed by atoms with E-state index < -0.39 is 0 Å². The van der Waals surface area contributed by atoms with Gasteiger partial charge in [-0.2, -0.15) is 5.10 Å². The fraction of sp³-hybridized carbons (Fsp3) is 0.471. The lowest BCUT2D eigenvalue weighted by Crippen LogP contribution is -2.19. The number of nitrogens with one attached hydrogen (secondary N) is 1. The van der Waals surface area contributed by atoms with E-state index in [1.54, 1.807) is 6.07 Å². The van der Waals surface area contributed by atoms with Crippen molar-refractivity contribution < 1.29 is 4.39 Å². The maximum absolute atomic E-state index is 13.8. The third-order valence-electron chi connectivity index (χ3n) is 4.19. The highest BCUT2D eigenvalue weighted by Crippen LogP contribution is 2.20. The summed E-state index contributed by atoms with van der Waals surface area (Å²) < 4.78 is 15.7. The molecule has 1 heterocycles. The van der Waals surface area contributed by atoms with E-state index in [0.29, 0.717) is 12.1 Å². The molecule has 1 N–H and O–H groups in total. The molecule has 3 nitrogen and oxygen atoms in total. The van der Waals surface area contributed by atoms with Crippen molar-refractivity contribution in [3.63, 3.8) is 0 Å². The van der Waals surface area contributed by atoms with Crippen LogP contribution in [0.25, 0.3) is 0 Å². The Bertz CT molecular complexity index is 629. The fourth-order valence-corrected chi connectivity index (χ4v) is 2.73. The van der Waals surface area contributed by atoms with E-state index in [-0.39, 0.29) is 5.82 Å². The summed E-state index contributed by atoms with van der Waals surface area (Å²) in [5.74, 6) is -0.165. The molecule has 0 bridgehead atoms. The number of rotatable bonds is 6. The standard InChI is InChI=1S/C17H22FN3/c1-12-16(9-10-19-15-7-8-15)13(2)21(20-12)11-14-5-3-4-6-17(14)18/h3-6,15,19H,7-11H2,1-2H3. The second-order valence-corrected chi connectivity index (χ2v) is 5.88. The third kappa shape index (κ3) is 3.32. The van der Waals surface area contributed by atoms with Gasteiger partial charge in [0, 0.05) is 17.3 Å².